The molecule has 0 aromatic heterocycles. The van der Waals surface area contributed by atoms with Gasteiger partial charge in [-0.3, -0.25) is 9.59 Å². The normalized spacial score (nSPS) is 24.2. The molecule has 1 rings (SSSR count). The third kappa shape index (κ3) is 2.95. The Labute approximate surface area is 96.6 Å². The largest absolute Gasteiger partial charge is 0.358 e. The Kier molecular flexibility index (Phi) is 4.73. The second-order valence-electron chi connectivity index (χ2n) is 4.16. The highest BCUT2D eigenvalue weighted by Crippen LogP contribution is 2.17. The van der Waals surface area contributed by atoms with Crippen LogP contribution in [0.4, 0.5) is 0 Å². The lowest BCUT2D eigenvalue weighted by Crippen LogP contribution is -2.44. The molecular formula is C11H21N3O2. The van der Waals surface area contributed by atoms with Crippen molar-refractivity contribution in [3.63, 3.8) is 0 Å². The van der Waals surface area contributed by atoms with Gasteiger partial charge in [0, 0.05) is 19.6 Å². The molecule has 92 valence electrons. The SMILES string of the molecule is CCN(CC(=O)NC)C(=O)C1CCNC1C. The molecule has 1 heterocycles. The molecule has 0 aromatic rings. The van der Waals surface area contributed by atoms with Gasteiger partial charge in [-0.05, 0) is 26.8 Å². The Balaban J connectivity index is 2.58. The van der Waals surface area contributed by atoms with E-state index < -0.39 is 0 Å². The molecule has 16 heavy (non-hydrogen) atoms. The molecule has 0 radical (unpaired) electrons. The zero-order chi connectivity index (χ0) is 12.1. The molecule has 2 atom stereocenters. The molecule has 1 aliphatic rings. The second-order valence-corrected chi connectivity index (χ2v) is 4.16. The van der Waals surface area contributed by atoms with Gasteiger partial charge in [-0.15, -0.1) is 0 Å². The Morgan fingerprint density at radius 2 is 2.19 bits per heavy atom. The van der Waals surface area contributed by atoms with Gasteiger partial charge in [0.2, 0.25) is 11.8 Å². The molecule has 2 amide bonds. The Bertz CT molecular complexity index is 268. The van der Waals surface area contributed by atoms with E-state index in [-0.39, 0.29) is 30.3 Å². The Morgan fingerprint density at radius 1 is 1.50 bits per heavy atom. The minimum Gasteiger partial charge on any atom is -0.358 e. The number of carbonyl (C=O) groups is 2. The smallest absolute Gasteiger partial charge is 0.239 e. The fourth-order valence-electron chi connectivity index (χ4n) is 2.03. The summed E-state index contributed by atoms with van der Waals surface area (Å²) in [6.45, 7) is 5.54. The van der Waals surface area contributed by atoms with Crippen molar-refractivity contribution >= 4 is 11.8 Å². The number of rotatable bonds is 4. The van der Waals surface area contributed by atoms with Gasteiger partial charge in [0.25, 0.3) is 0 Å². The Hall–Kier alpha value is -1.10. The number of nitrogens with one attached hydrogen (secondary N) is 2. The molecular weight excluding hydrogens is 206 g/mol. The van der Waals surface area contributed by atoms with E-state index in [9.17, 15) is 9.59 Å². The van der Waals surface area contributed by atoms with Crippen molar-refractivity contribution in [2.75, 3.05) is 26.7 Å². The van der Waals surface area contributed by atoms with Crippen LogP contribution in [0.3, 0.4) is 0 Å². The van der Waals surface area contributed by atoms with Gasteiger partial charge in [0.1, 0.15) is 0 Å². The molecule has 0 bridgehead atoms. The fraction of sp³-hybridized carbons (Fsp3) is 0.818. The number of amides is 2. The molecule has 0 aromatic carbocycles. The summed E-state index contributed by atoms with van der Waals surface area (Å²) >= 11 is 0. The summed E-state index contributed by atoms with van der Waals surface area (Å²) in [6, 6.07) is 0.214. The van der Waals surface area contributed by atoms with Gasteiger partial charge >= 0.3 is 0 Å². The summed E-state index contributed by atoms with van der Waals surface area (Å²) in [7, 11) is 1.58. The molecule has 5 nitrogen and oxygen atoms in total. The number of hydrogen-bond acceptors (Lipinski definition) is 3. The summed E-state index contributed by atoms with van der Waals surface area (Å²) in [5, 5.41) is 5.79. The lowest BCUT2D eigenvalue weighted by atomic mass is 10.0. The average molecular weight is 227 g/mol. The molecule has 0 saturated carbocycles. The van der Waals surface area contributed by atoms with E-state index in [4.69, 9.17) is 0 Å². The van der Waals surface area contributed by atoms with Crippen LogP contribution in [0.5, 0.6) is 0 Å². The number of likely N-dealkylation sites (N-methyl/N-ethyl adjacent to an activating group) is 2. The van der Waals surface area contributed by atoms with E-state index in [2.05, 4.69) is 10.6 Å². The average Bonchev–Trinajstić information content (AvgIpc) is 2.71. The highest BCUT2D eigenvalue weighted by molar-refractivity contribution is 5.86. The lowest BCUT2D eigenvalue weighted by Gasteiger charge is -2.25. The van der Waals surface area contributed by atoms with Crippen LogP contribution in [0, 0.1) is 5.92 Å². The zero-order valence-corrected chi connectivity index (χ0v) is 10.2. The first kappa shape index (κ1) is 13.0. The van der Waals surface area contributed by atoms with Gasteiger partial charge in [-0.25, -0.2) is 0 Å². The molecule has 1 saturated heterocycles. The van der Waals surface area contributed by atoms with Gasteiger partial charge in [0.05, 0.1) is 12.5 Å². The van der Waals surface area contributed by atoms with Crippen LogP contribution in [-0.4, -0.2) is 49.4 Å². The minimum absolute atomic E-state index is 0.0182. The first-order valence-electron chi connectivity index (χ1n) is 5.82. The molecule has 5 heteroatoms. The summed E-state index contributed by atoms with van der Waals surface area (Å²) in [5.74, 6) is -0.0120. The van der Waals surface area contributed by atoms with E-state index in [1.807, 2.05) is 13.8 Å². The predicted octanol–water partition coefficient (Wildman–Crippen LogP) is -0.421. The molecule has 1 aliphatic heterocycles. The van der Waals surface area contributed by atoms with E-state index in [0.29, 0.717) is 6.54 Å². The summed E-state index contributed by atoms with van der Waals surface area (Å²) in [6.07, 6.45) is 0.865. The van der Waals surface area contributed by atoms with E-state index in [1.54, 1.807) is 11.9 Å². The third-order valence-electron chi connectivity index (χ3n) is 3.15. The molecule has 0 spiro atoms. The maximum absolute atomic E-state index is 12.1. The van der Waals surface area contributed by atoms with Crippen molar-refractivity contribution in [2.24, 2.45) is 5.92 Å². The number of nitrogens with zero attached hydrogens (tertiary/aromatic N) is 1. The molecule has 1 fully saturated rings. The highest BCUT2D eigenvalue weighted by Gasteiger charge is 2.32. The van der Waals surface area contributed by atoms with Crippen LogP contribution >= 0.6 is 0 Å². The van der Waals surface area contributed by atoms with Crippen molar-refractivity contribution in [3.8, 4) is 0 Å². The standard InChI is InChI=1S/C11H21N3O2/c1-4-14(7-10(15)12-3)11(16)9-5-6-13-8(9)2/h8-9,13H,4-7H2,1-3H3,(H,12,15). The van der Waals surface area contributed by atoms with Crippen molar-refractivity contribution in [1.29, 1.82) is 0 Å². The fourth-order valence-corrected chi connectivity index (χ4v) is 2.03. The van der Waals surface area contributed by atoms with E-state index in [0.717, 1.165) is 13.0 Å². The quantitative estimate of drug-likeness (QED) is 0.685. The Morgan fingerprint density at radius 3 is 2.62 bits per heavy atom. The first-order valence-corrected chi connectivity index (χ1v) is 5.82. The second kappa shape index (κ2) is 5.84. The summed E-state index contributed by atoms with van der Waals surface area (Å²) in [5.41, 5.74) is 0. The maximum Gasteiger partial charge on any atom is 0.239 e. The van der Waals surface area contributed by atoms with Crippen molar-refractivity contribution < 1.29 is 9.59 Å². The molecule has 2 unspecified atom stereocenters. The topological polar surface area (TPSA) is 61.4 Å². The lowest BCUT2D eigenvalue weighted by molar-refractivity contribution is -0.139. The maximum atomic E-state index is 12.1. The van der Waals surface area contributed by atoms with Gasteiger partial charge in [0.15, 0.2) is 0 Å². The summed E-state index contributed by atoms with van der Waals surface area (Å²) in [4.78, 5) is 25.0. The van der Waals surface area contributed by atoms with Crippen LogP contribution in [0.25, 0.3) is 0 Å². The van der Waals surface area contributed by atoms with Gasteiger partial charge in [-0.2, -0.15) is 0 Å². The molecule has 2 N–H and O–H groups in total. The zero-order valence-electron chi connectivity index (χ0n) is 10.2. The molecule has 0 aliphatic carbocycles. The van der Waals surface area contributed by atoms with E-state index in [1.165, 1.54) is 0 Å². The first-order chi connectivity index (χ1) is 7.60. The van der Waals surface area contributed by atoms with Crippen LogP contribution in [0.1, 0.15) is 20.3 Å². The monoisotopic (exact) mass is 227 g/mol. The van der Waals surface area contributed by atoms with Crippen molar-refractivity contribution in [1.82, 2.24) is 15.5 Å². The van der Waals surface area contributed by atoms with Crippen LogP contribution in [0.2, 0.25) is 0 Å². The van der Waals surface area contributed by atoms with Gasteiger partial charge in [-0.1, -0.05) is 0 Å². The van der Waals surface area contributed by atoms with Gasteiger partial charge < -0.3 is 15.5 Å². The van der Waals surface area contributed by atoms with Crippen molar-refractivity contribution in [2.45, 2.75) is 26.3 Å². The van der Waals surface area contributed by atoms with Crippen LogP contribution in [-0.2, 0) is 9.59 Å². The number of carbonyl (C=O) groups excluding carboxylic acids is 2. The summed E-state index contributed by atoms with van der Waals surface area (Å²) < 4.78 is 0. The van der Waals surface area contributed by atoms with Crippen molar-refractivity contribution in [3.05, 3.63) is 0 Å². The van der Waals surface area contributed by atoms with E-state index >= 15 is 0 Å². The van der Waals surface area contributed by atoms with Crippen LogP contribution in [0.15, 0.2) is 0 Å². The van der Waals surface area contributed by atoms with Crippen LogP contribution < -0.4 is 10.6 Å². The predicted molar refractivity (Wildman–Crippen MR) is 61.9 cm³/mol. The highest BCUT2D eigenvalue weighted by atomic mass is 16.2. The minimum atomic E-state index is -0.117. The third-order valence-corrected chi connectivity index (χ3v) is 3.15. The number of hydrogen-bond donors (Lipinski definition) is 2.